The first kappa shape index (κ1) is 36.5. The number of carbonyl (C=O) groups is 4. The van der Waals surface area contributed by atoms with Crippen molar-refractivity contribution in [3.05, 3.63) is 118 Å². The fourth-order valence-corrected chi connectivity index (χ4v) is 9.98. The van der Waals surface area contributed by atoms with Crippen LogP contribution in [0.25, 0.3) is 22.6 Å². The average Bonchev–Trinajstić information content (AvgIpc) is 3.78. The van der Waals surface area contributed by atoms with E-state index >= 15 is 8.78 Å². The Hall–Kier alpha value is -5.12. The number of hydrogen-bond acceptors (Lipinski definition) is 7. The number of benzene rings is 4. The summed E-state index contributed by atoms with van der Waals surface area (Å²) in [6.07, 6.45) is 0.785. The van der Waals surface area contributed by atoms with Crippen molar-refractivity contribution in [1.29, 1.82) is 0 Å². The van der Waals surface area contributed by atoms with Gasteiger partial charge in [0.05, 0.1) is 17.5 Å². The number of halogens is 8. The maximum Gasteiger partial charge on any atom is 0.258 e. The highest BCUT2D eigenvalue weighted by atomic mass is 79.9. The van der Waals surface area contributed by atoms with Crippen LogP contribution in [0.3, 0.4) is 0 Å². The Balaban J connectivity index is 1.15. The van der Waals surface area contributed by atoms with Gasteiger partial charge < -0.3 is 9.52 Å². The number of hydrogen-bond donors (Lipinski definition) is 1. The Morgan fingerprint density at radius 1 is 0.804 bits per heavy atom. The number of amides is 4. The number of rotatable bonds is 4. The third kappa shape index (κ3) is 4.73. The summed E-state index contributed by atoms with van der Waals surface area (Å²) >= 11 is 17.6. The predicted molar refractivity (Wildman–Crippen MR) is 194 cm³/mol. The molecule has 17 heteroatoms. The third-order valence-corrected chi connectivity index (χ3v) is 13.1. The molecular weight excluding hydrogens is 852 g/mol. The van der Waals surface area contributed by atoms with Crippen LogP contribution in [0.2, 0.25) is 0 Å². The van der Waals surface area contributed by atoms with Gasteiger partial charge in [0.1, 0.15) is 17.0 Å². The highest BCUT2D eigenvalue weighted by molar-refractivity contribution is 9.10. The molecule has 2 aliphatic carbocycles. The highest BCUT2D eigenvalue weighted by Crippen LogP contribution is 2.67. The van der Waals surface area contributed by atoms with Crippen molar-refractivity contribution in [1.82, 2.24) is 4.98 Å². The van der Waals surface area contributed by atoms with Crippen molar-refractivity contribution in [2.24, 2.45) is 17.8 Å². The third-order valence-electron chi connectivity index (χ3n) is 11.2. The molecule has 1 aromatic heterocycles. The van der Waals surface area contributed by atoms with E-state index in [1.165, 1.54) is 30.3 Å². The molecule has 9 nitrogen and oxygen atoms in total. The number of aromatic nitrogens is 1. The largest absolute Gasteiger partial charge is 0.508 e. The number of carbonyl (C=O) groups excluding carboxylic acids is 4. The zero-order chi connectivity index (χ0) is 39.7. The summed E-state index contributed by atoms with van der Waals surface area (Å²) in [5.74, 6) is -22.1. The number of imide groups is 2. The van der Waals surface area contributed by atoms with Crippen LogP contribution in [0, 0.1) is 46.8 Å². The average molecular weight is 873 g/mol. The van der Waals surface area contributed by atoms with Gasteiger partial charge in [-0.05, 0) is 73.4 Å². The number of oxazole rings is 1. The van der Waals surface area contributed by atoms with Crippen LogP contribution < -0.4 is 9.80 Å². The van der Waals surface area contributed by atoms with Gasteiger partial charge in [0.2, 0.25) is 23.5 Å². The van der Waals surface area contributed by atoms with Crippen molar-refractivity contribution in [2.75, 3.05) is 9.80 Å². The molecule has 4 aliphatic rings. The summed E-state index contributed by atoms with van der Waals surface area (Å²) in [6, 6.07) is 17.4. The predicted octanol–water partition coefficient (Wildman–Crippen LogP) is 8.43. The molecule has 1 saturated carbocycles. The molecule has 284 valence electrons. The van der Waals surface area contributed by atoms with Crippen molar-refractivity contribution in [3.63, 3.8) is 0 Å². The summed E-state index contributed by atoms with van der Waals surface area (Å²) < 4.78 is 79.9. The van der Waals surface area contributed by atoms with Gasteiger partial charge in [-0.1, -0.05) is 39.7 Å². The minimum atomic E-state index is -2.77. The van der Waals surface area contributed by atoms with E-state index < -0.39 is 104 Å². The number of allylic oxidation sites excluding steroid dienone is 2. The number of aromatic hydroxyl groups is 1. The smallest absolute Gasteiger partial charge is 0.258 e. The maximum atomic E-state index is 15.3. The molecule has 2 aliphatic heterocycles. The molecule has 2 saturated heterocycles. The second-order valence-electron chi connectivity index (χ2n) is 13.9. The van der Waals surface area contributed by atoms with E-state index in [9.17, 15) is 37.5 Å². The number of phenolic OH excluding ortho intramolecular Hbond substituents is 1. The number of fused-ring (bicyclic) bond motifs is 5. The lowest BCUT2D eigenvalue weighted by atomic mass is 9.56. The van der Waals surface area contributed by atoms with Gasteiger partial charge >= 0.3 is 0 Å². The van der Waals surface area contributed by atoms with Crippen LogP contribution >= 0.6 is 39.1 Å². The number of nitrogens with zero attached hydrogens (tertiary/aromatic N) is 3. The molecule has 4 amide bonds. The Bertz CT molecular complexity index is 2600. The lowest BCUT2D eigenvalue weighted by molar-refractivity contribution is -0.125. The lowest BCUT2D eigenvalue weighted by Crippen LogP contribution is -2.60. The molecular formula is C39H21BrCl2F5N3O6. The van der Waals surface area contributed by atoms with Gasteiger partial charge in [-0.25, -0.2) is 31.8 Å². The molecule has 1 N–H and O–H groups in total. The van der Waals surface area contributed by atoms with Crippen LogP contribution in [0.4, 0.5) is 33.3 Å². The van der Waals surface area contributed by atoms with Crippen LogP contribution in [-0.2, 0) is 19.2 Å². The second kappa shape index (κ2) is 12.4. The Kier molecular flexibility index (Phi) is 8.11. The first-order valence-corrected chi connectivity index (χ1v) is 18.5. The van der Waals surface area contributed by atoms with E-state index in [2.05, 4.69) is 20.9 Å². The fraction of sp³-hybridized carbons (Fsp3) is 0.205. The molecule has 4 aromatic carbocycles. The topological polar surface area (TPSA) is 121 Å². The van der Waals surface area contributed by atoms with E-state index in [0.29, 0.717) is 27.0 Å². The van der Waals surface area contributed by atoms with Crippen LogP contribution in [0.15, 0.2) is 87.3 Å². The summed E-state index contributed by atoms with van der Waals surface area (Å²) in [6.45, 7) is 0. The minimum absolute atomic E-state index is 0.0738. The van der Waals surface area contributed by atoms with Crippen LogP contribution in [0.5, 0.6) is 5.75 Å². The molecule has 6 unspecified atom stereocenters. The quantitative estimate of drug-likeness (QED) is 0.0481. The second-order valence-corrected chi connectivity index (χ2v) is 16.1. The lowest BCUT2D eigenvalue weighted by Gasteiger charge is -2.50. The Morgan fingerprint density at radius 3 is 2.14 bits per heavy atom. The van der Waals surface area contributed by atoms with E-state index in [1.54, 1.807) is 42.5 Å². The monoisotopic (exact) mass is 871 g/mol. The summed E-state index contributed by atoms with van der Waals surface area (Å²) in [5.41, 5.74) is 0.128. The van der Waals surface area contributed by atoms with Crippen molar-refractivity contribution in [3.8, 4) is 17.2 Å². The van der Waals surface area contributed by atoms with Crippen LogP contribution in [0.1, 0.15) is 24.3 Å². The minimum Gasteiger partial charge on any atom is -0.508 e. The molecule has 9 rings (SSSR count). The summed E-state index contributed by atoms with van der Waals surface area (Å²) in [7, 11) is 0. The SMILES string of the molecule is O=C1C2CC=C3C(CC4(Cl)C(=O)N(c5c(F)c(F)c(F)c(F)c5F)C(=O)C4(Cl)C3c3cc(Br)ccc3O)C2C(=O)N1c1ccc(-c2nc3ccccc3o2)cc1. The molecule has 5 aromatic rings. The zero-order valence-corrected chi connectivity index (χ0v) is 31.1. The van der Waals surface area contributed by atoms with E-state index in [1.807, 2.05) is 0 Å². The van der Waals surface area contributed by atoms with Crippen LogP contribution in [-0.4, -0.2) is 43.5 Å². The zero-order valence-electron chi connectivity index (χ0n) is 28.0. The number of alkyl halides is 2. The van der Waals surface area contributed by atoms with Gasteiger partial charge in [-0.3, -0.25) is 24.1 Å². The maximum absolute atomic E-state index is 15.3. The molecule has 0 spiro atoms. The number of phenols is 1. The standard InChI is InChI=1S/C39H21BrCl2F5N3O6/c40-16-7-12-23(51)20(13-16)26-18-10-11-19-25(35(53)49(34(19)52)17-8-5-15(6-9-17)33-48-22-3-1-2-4-24(22)56-33)21(18)14-38(41)36(54)50(37(55)39(26,38)42)32-30(46)28(44)27(43)29(45)31(32)47/h1-10,12-13,19,21,25-26,51H,11,14H2. The van der Waals surface area contributed by atoms with Crippen molar-refractivity contribution >= 4 is 85.2 Å². The molecule has 3 fully saturated rings. The number of para-hydroxylation sites is 2. The molecule has 56 heavy (non-hydrogen) atoms. The highest BCUT2D eigenvalue weighted by Gasteiger charge is 2.77. The first-order chi connectivity index (χ1) is 26.6. The number of anilines is 2. The fourth-order valence-electron chi connectivity index (χ4n) is 8.67. The van der Waals surface area contributed by atoms with E-state index in [4.69, 9.17) is 27.6 Å². The normalized spacial score (nSPS) is 27.2. The van der Waals surface area contributed by atoms with Gasteiger partial charge in [-0.2, -0.15) is 0 Å². The Labute approximate surface area is 330 Å². The van der Waals surface area contributed by atoms with Crippen molar-refractivity contribution in [2.45, 2.75) is 28.5 Å². The molecule has 6 atom stereocenters. The van der Waals surface area contributed by atoms with E-state index in [-0.39, 0.29) is 28.1 Å². The molecule has 0 radical (unpaired) electrons. The van der Waals surface area contributed by atoms with Crippen molar-refractivity contribution < 1.29 is 50.7 Å². The van der Waals surface area contributed by atoms with Gasteiger partial charge in [0.15, 0.2) is 38.6 Å². The summed E-state index contributed by atoms with van der Waals surface area (Å²) in [4.78, 5) is 57.1. The first-order valence-electron chi connectivity index (χ1n) is 16.9. The van der Waals surface area contributed by atoms with Gasteiger partial charge in [0.25, 0.3) is 11.8 Å². The summed E-state index contributed by atoms with van der Waals surface area (Å²) in [5, 5.41) is 11.2. The van der Waals surface area contributed by atoms with E-state index in [0.717, 1.165) is 4.90 Å². The Morgan fingerprint density at radius 2 is 1.46 bits per heavy atom. The molecule has 3 heterocycles. The molecule has 0 bridgehead atoms. The van der Waals surface area contributed by atoms with Gasteiger partial charge in [-0.15, -0.1) is 23.2 Å². The van der Waals surface area contributed by atoms with Gasteiger partial charge in [0, 0.05) is 21.5 Å².